The number of hydrogen-bond donors (Lipinski definition) is 3. The molecule has 0 saturated carbocycles. The fraction of sp³-hybridized carbons (Fsp3) is 0.231. The summed E-state index contributed by atoms with van der Waals surface area (Å²) in [6.45, 7) is 1.98. The molecule has 0 bridgehead atoms. The molecule has 1 aliphatic rings. The van der Waals surface area contributed by atoms with Crippen molar-refractivity contribution in [2.45, 2.75) is 18.5 Å². The summed E-state index contributed by atoms with van der Waals surface area (Å²) in [4.78, 5) is 0. The second kappa shape index (κ2) is 4.22. The summed E-state index contributed by atoms with van der Waals surface area (Å²) in [6, 6.07) is 6.33. The SMILES string of the molecule is CC(c1ccc(F)cc1)C1(N)C=CC=C(N)N1. The van der Waals surface area contributed by atoms with E-state index in [4.69, 9.17) is 11.5 Å². The van der Waals surface area contributed by atoms with Crippen LogP contribution in [0, 0.1) is 5.82 Å². The highest BCUT2D eigenvalue weighted by molar-refractivity contribution is 5.31. The second-order valence-corrected chi connectivity index (χ2v) is 4.31. The van der Waals surface area contributed by atoms with E-state index in [-0.39, 0.29) is 11.7 Å². The van der Waals surface area contributed by atoms with E-state index in [9.17, 15) is 4.39 Å². The molecule has 0 fully saturated rings. The van der Waals surface area contributed by atoms with Gasteiger partial charge in [-0.25, -0.2) is 4.39 Å². The van der Waals surface area contributed by atoms with Crippen molar-refractivity contribution in [3.05, 3.63) is 59.7 Å². The average molecular weight is 233 g/mol. The van der Waals surface area contributed by atoms with Gasteiger partial charge in [0.2, 0.25) is 0 Å². The normalized spacial score (nSPS) is 25.0. The van der Waals surface area contributed by atoms with Crippen molar-refractivity contribution in [1.29, 1.82) is 0 Å². The summed E-state index contributed by atoms with van der Waals surface area (Å²) in [5, 5.41) is 3.04. The Morgan fingerprint density at radius 1 is 1.29 bits per heavy atom. The Bertz CT molecular complexity index is 464. The van der Waals surface area contributed by atoms with Gasteiger partial charge in [0.05, 0.1) is 5.82 Å². The Balaban J connectivity index is 2.25. The molecule has 0 aliphatic carbocycles. The fourth-order valence-corrected chi connectivity index (χ4v) is 1.92. The quantitative estimate of drug-likeness (QED) is 0.726. The number of nitrogens with two attached hydrogens (primary N) is 2. The largest absolute Gasteiger partial charge is 0.385 e. The van der Waals surface area contributed by atoms with Crippen molar-refractivity contribution >= 4 is 0 Å². The molecule has 2 unspecified atom stereocenters. The zero-order chi connectivity index (χ0) is 12.5. The van der Waals surface area contributed by atoms with Crippen LogP contribution in [-0.2, 0) is 0 Å². The van der Waals surface area contributed by atoms with E-state index in [0.717, 1.165) is 5.56 Å². The van der Waals surface area contributed by atoms with Crippen LogP contribution in [0.25, 0.3) is 0 Å². The number of allylic oxidation sites excluding steroid dienone is 2. The van der Waals surface area contributed by atoms with Gasteiger partial charge in [-0.05, 0) is 29.8 Å². The Morgan fingerprint density at radius 2 is 1.94 bits per heavy atom. The van der Waals surface area contributed by atoms with Gasteiger partial charge in [-0.1, -0.05) is 25.1 Å². The van der Waals surface area contributed by atoms with Crippen LogP contribution in [-0.4, -0.2) is 5.66 Å². The van der Waals surface area contributed by atoms with Crippen LogP contribution in [0.15, 0.2) is 48.3 Å². The van der Waals surface area contributed by atoms with Crippen LogP contribution in [0.1, 0.15) is 18.4 Å². The monoisotopic (exact) mass is 233 g/mol. The third-order valence-electron chi connectivity index (χ3n) is 3.10. The molecule has 0 saturated heterocycles. The van der Waals surface area contributed by atoms with Crippen LogP contribution >= 0.6 is 0 Å². The number of hydrogen-bond acceptors (Lipinski definition) is 3. The first-order valence-electron chi connectivity index (χ1n) is 5.49. The van der Waals surface area contributed by atoms with Gasteiger partial charge in [0.15, 0.2) is 0 Å². The molecule has 17 heavy (non-hydrogen) atoms. The number of halogens is 1. The Hall–Kier alpha value is -1.81. The van der Waals surface area contributed by atoms with Gasteiger partial charge in [-0.3, -0.25) is 0 Å². The Morgan fingerprint density at radius 3 is 2.53 bits per heavy atom. The minimum absolute atomic E-state index is 0.0217. The molecule has 0 aromatic heterocycles. The smallest absolute Gasteiger partial charge is 0.123 e. The highest BCUT2D eigenvalue weighted by Crippen LogP contribution is 2.27. The molecule has 0 radical (unpaired) electrons. The summed E-state index contributed by atoms with van der Waals surface area (Å²) in [7, 11) is 0. The van der Waals surface area contributed by atoms with Crippen molar-refractivity contribution in [2.24, 2.45) is 11.5 Å². The first kappa shape index (κ1) is 11.7. The summed E-state index contributed by atoms with van der Waals surface area (Å²) in [5.74, 6) is 0.258. The molecule has 2 rings (SSSR count). The maximum absolute atomic E-state index is 12.9. The molecule has 1 heterocycles. The summed E-state index contributed by atoms with van der Waals surface area (Å²) < 4.78 is 12.9. The minimum atomic E-state index is -0.739. The third-order valence-corrected chi connectivity index (χ3v) is 3.10. The minimum Gasteiger partial charge on any atom is -0.385 e. The van der Waals surface area contributed by atoms with Crippen LogP contribution in [0.5, 0.6) is 0 Å². The molecular weight excluding hydrogens is 217 g/mol. The van der Waals surface area contributed by atoms with Crippen LogP contribution < -0.4 is 16.8 Å². The van der Waals surface area contributed by atoms with E-state index >= 15 is 0 Å². The highest BCUT2D eigenvalue weighted by atomic mass is 19.1. The van der Waals surface area contributed by atoms with Gasteiger partial charge in [-0.15, -0.1) is 0 Å². The molecule has 0 spiro atoms. The number of dihydropyridines is 1. The standard InChI is InChI=1S/C13H16FN3/c1-9(10-4-6-11(14)7-5-10)13(16)8-2-3-12(15)17-13/h2-9,17H,15-16H2,1H3. The third kappa shape index (κ3) is 2.31. The van der Waals surface area contributed by atoms with Gasteiger partial charge in [-0.2, -0.15) is 0 Å². The van der Waals surface area contributed by atoms with Crippen molar-refractivity contribution in [1.82, 2.24) is 5.32 Å². The maximum Gasteiger partial charge on any atom is 0.123 e. The average Bonchev–Trinajstić information content (AvgIpc) is 2.29. The van der Waals surface area contributed by atoms with Gasteiger partial charge >= 0.3 is 0 Å². The van der Waals surface area contributed by atoms with Gasteiger partial charge in [0, 0.05) is 5.92 Å². The zero-order valence-electron chi connectivity index (χ0n) is 9.65. The molecule has 90 valence electrons. The van der Waals surface area contributed by atoms with Crippen LogP contribution in [0.4, 0.5) is 4.39 Å². The molecule has 1 aromatic rings. The molecule has 1 aliphatic heterocycles. The summed E-state index contributed by atoms with van der Waals surface area (Å²) in [6.07, 6.45) is 5.44. The van der Waals surface area contributed by atoms with E-state index in [1.807, 2.05) is 19.1 Å². The van der Waals surface area contributed by atoms with Crippen molar-refractivity contribution < 1.29 is 4.39 Å². The maximum atomic E-state index is 12.9. The lowest BCUT2D eigenvalue weighted by molar-refractivity contribution is 0.383. The molecule has 0 amide bonds. The topological polar surface area (TPSA) is 64.1 Å². The molecule has 3 nitrogen and oxygen atoms in total. The van der Waals surface area contributed by atoms with E-state index in [1.165, 1.54) is 12.1 Å². The van der Waals surface area contributed by atoms with Gasteiger partial charge in [0.25, 0.3) is 0 Å². The first-order chi connectivity index (χ1) is 8.01. The van der Waals surface area contributed by atoms with E-state index < -0.39 is 5.66 Å². The zero-order valence-corrected chi connectivity index (χ0v) is 9.65. The second-order valence-electron chi connectivity index (χ2n) is 4.31. The van der Waals surface area contributed by atoms with Crippen LogP contribution in [0.3, 0.4) is 0 Å². The van der Waals surface area contributed by atoms with E-state index in [1.54, 1.807) is 18.2 Å². The molecule has 2 atom stereocenters. The van der Waals surface area contributed by atoms with Crippen molar-refractivity contribution in [2.75, 3.05) is 0 Å². The van der Waals surface area contributed by atoms with Crippen molar-refractivity contribution in [3.63, 3.8) is 0 Å². The lowest BCUT2D eigenvalue weighted by Crippen LogP contribution is -2.57. The predicted molar refractivity (Wildman–Crippen MR) is 66.3 cm³/mol. The predicted octanol–water partition coefficient (Wildman–Crippen LogP) is 1.54. The number of benzene rings is 1. The van der Waals surface area contributed by atoms with E-state index in [0.29, 0.717) is 5.82 Å². The summed E-state index contributed by atoms with van der Waals surface area (Å²) >= 11 is 0. The molecule has 1 aromatic carbocycles. The van der Waals surface area contributed by atoms with Gasteiger partial charge in [0.1, 0.15) is 11.5 Å². The Labute approximate surface area is 100.0 Å². The van der Waals surface area contributed by atoms with Gasteiger partial charge < -0.3 is 16.8 Å². The van der Waals surface area contributed by atoms with Crippen molar-refractivity contribution in [3.8, 4) is 0 Å². The molecule has 4 heteroatoms. The van der Waals surface area contributed by atoms with Crippen LogP contribution in [0.2, 0.25) is 0 Å². The fourth-order valence-electron chi connectivity index (χ4n) is 1.92. The number of nitrogens with one attached hydrogen (secondary N) is 1. The summed E-state index contributed by atoms with van der Waals surface area (Å²) in [5.41, 5.74) is 12.2. The molecular formula is C13H16FN3. The van der Waals surface area contributed by atoms with E-state index in [2.05, 4.69) is 5.32 Å². The highest BCUT2D eigenvalue weighted by Gasteiger charge is 2.31. The number of rotatable bonds is 2. The first-order valence-corrected chi connectivity index (χ1v) is 5.49. The molecule has 5 N–H and O–H groups in total. The Kier molecular flexibility index (Phi) is 2.90. The lowest BCUT2D eigenvalue weighted by atomic mass is 9.86. The lowest BCUT2D eigenvalue weighted by Gasteiger charge is -2.36.